The number of amides is 1. The number of aliphatic hydroxyl groups is 1. The van der Waals surface area contributed by atoms with Gasteiger partial charge in [-0.25, -0.2) is 0 Å². The molecule has 1 aromatic rings. The second-order valence-electron chi connectivity index (χ2n) is 4.87. The molecule has 4 nitrogen and oxygen atoms in total. The SMILES string of the molecule is CCCc1cc(C(=O)N2CCOC(CO)C2)sc1C. The van der Waals surface area contributed by atoms with E-state index in [0.29, 0.717) is 19.7 Å². The number of ether oxygens (including phenoxy) is 1. The lowest BCUT2D eigenvalue weighted by molar-refractivity contribution is -0.0446. The first kappa shape index (κ1) is 14.5. The molecule has 0 bridgehead atoms. The van der Waals surface area contributed by atoms with E-state index >= 15 is 0 Å². The van der Waals surface area contributed by atoms with Gasteiger partial charge in [0.25, 0.3) is 5.91 Å². The summed E-state index contributed by atoms with van der Waals surface area (Å²) in [5, 5.41) is 9.12. The quantitative estimate of drug-likeness (QED) is 0.917. The maximum absolute atomic E-state index is 12.4. The largest absolute Gasteiger partial charge is 0.394 e. The Morgan fingerprint density at radius 1 is 1.63 bits per heavy atom. The Morgan fingerprint density at radius 3 is 3.11 bits per heavy atom. The van der Waals surface area contributed by atoms with Gasteiger partial charge >= 0.3 is 0 Å². The fourth-order valence-electron chi connectivity index (χ4n) is 2.31. The van der Waals surface area contributed by atoms with Crippen molar-refractivity contribution in [3.8, 4) is 0 Å². The molecular formula is C14H21NO3S. The Balaban J connectivity index is 2.08. The van der Waals surface area contributed by atoms with E-state index in [1.807, 2.05) is 6.07 Å². The van der Waals surface area contributed by atoms with E-state index in [1.165, 1.54) is 10.4 Å². The van der Waals surface area contributed by atoms with Crippen molar-refractivity contribution < 1.29 is 14.6 Å². The number of rotatable bonds is 4. The fraction of sp³-hybridized carbons (Fsp3) is 0.643. The summed E-state index contributed by atoms with van der Waals surface area (Å²) >= 11 is 1.57. The Labute approximate surface area is 118 Å². The first-order valence-electron chi connectivity index (χ1n) is 6.76. The summed E-state index contributed by atoms with van der Waals surface area (Å²) < 4.78 is 5.37. The maximum atomic E-state index is 12.4. The summed E-state index contributed by atoms with van der Waals surface area (Å²) in [4.78, 5) is 16.3. The van der Waals surface area contributed by atoms with Crippen LogP contribution in [0, 0.1) is 6.92 Å². The number of aryl methyl sites for hydroxylation is 2. The zero-order valence-corrected chi connectivity index (χ0v) is 12.3. The van der Waals surface area contributed by atoms with Crippen LogP contribution in [-0.4, -0.2) is 48.3 Å². The number of carbonyl (C=O) groups excluding carboxylic acids is 1. The number of morpholine rings is 1. The van der Waals surface area contributed by atoms with E-state index < -0.39 is 0 Å². The third-order valence-corrected chi connectivity index (χ3v) is 4.46. The molecule has 0 aliphatic carbocycles. The van der Waals surface area contributed by atoms with Gasteiger partial charge in [-0.15, -0.1) is 11.3 Å². The Kier molecular flexibility index (Phi) is 4.96. The molecule has 1 N–H and O–H groups in total. The predicted octanol–water partition coefficient (Wildman–Crippen LogP) is 1.84. The van der Waals surface area contributed by atoms with Crippen LogP contribution in [-0.2, 0) is 11.2 Å². The molecule has 2 rings (SSSR count). The zero-order chi connectivity index (χ0) is 13.8. The minimum Gasteiger partial charge on any atom is -0.394 e. The average Bonchev–Trinajstić information content (AvgIpc) is 2.80. The van der Waals surface area contributed by atoms with Gasteiger partial charge in [0, 0.05) is 18.0 Å². The molecule has 1 aliphatic rings. The fourth-order valence-corrected chi connectivity index (χ4v) is 3.35. The topological polar surface area (TPSA) is 49.8 Å². The normalized spacial score (nSPS) is 19.7. The van der Waals surface area contributed by atoms with E-state index in [-0.39, 0.29) is 18.6 Å². The molecule has 1 amide bonds. The number of aliphatic hydroxyl groups excluding tert-OH is 1. The van der Waals surface area contributed by atoms with Gasteiger partial charge in [-0.3, -0.25) is 4.79 Å². The van der Waals surface area contributed by atoms with Crippen LogP contribution in [0.25, 0.3) is 0 Å². The van der Waals surface area contributed by atoms with E-state index in [1.54, 1.807) is 16.2 Å². The molecule has 19 heavy (non-hydrogen) atoms. The van der Waals surface area contributed by atoms with Crippen LogP contribution in [0.5, 0.6) is 0 Å². The summed E-state index contributed by atoms with van der Waals surface area (Å²) in [6.07, 6.45) is 1.88. The average molecular weight is 283 g/mol. The molecule has 0 saturated carbocycles. The molecule has 1 unspecified atom stereocenters. The first-order valence-corrected chi connectivity index (χ1v) is 7.58. The van der Waals surface area contributed by atoms with Crippen molar-refractivity contribution in [1.82, 2.24) is 4.90 Å². The Hall–Kier alpha value is -0.910. The van der Waals surface area contributed by atoms with Gasteiger partial charge in [-0.05, 0) is 25.0 Å². The van der Waals surface area contributed by atoms with E-state index in [0.717, 1.165) is 17.7 Å². The van der Waals surface area contributed by atoms with Gasteiger partial charge in [-0.2, -0.15) is 0 Å². The molecule has 0 aromatic carbocycles. The summed E-state index contributed by atoms with van der Waals surface area (Å²) in [5.41, 5.74) is 1.28. The standard InChI is InChI=1S/C14H21NO3S/c1-3-4-11-7-13(19-10(11)2)14(17)15-5-6-18-12(8-15)9-16/h7,12,16H,3-6,8-9H2,1-2H3. The first-order chi connectivity index (χ1) is 9.15. The van der Waals surface area contributed by atoms with Crippen molar-refractivity contribution in [3.63, 3.8) is 0 Å². The van der Waals surface area contributed by atoms with Gasteiger partial charge in [0.2, 0.25) is 0 Å². The molecule has 1 aliphatic heterocycles. The number of thiophene rings is 1. The lowest BCUT2D eigenvalue weighted by atomic mass is 10.1. The predicted molar refractivity (Wildman–Crippen MR) is 75.8 cm³/mol. The van der Waals surface area contributed by atoms with Crippen LogP contribution in [0.3, 0.4) is 0 Å². The van der Waals surface area contributed by atoms with Crippen LogP contribution < -0.4 is 0 Å². The number of nitrogens with zero attached hydrogens (tertiary/aromatic N) is 1. The van der Waals surface area contributed by atoms with Gasteiger partial charge < -0.3 is 14.7 Å². The minimum atomic E-state index is -0.242. The van der Waals surface area contributed by atoms with Crippen molar-refractivity contribution in [2.24, 2.45) is 0 Å². The second-order valence-corrected chi connectivity index (χ2v) is 6.12. The van der Waals surface area contributed by atoms with Crippen LogP contribution in [0.4, 0.5) is 0 Å². The third-order valence-electron chi connectivity index (χ3n) is 3.38. The highest BCUT2D eigenvalue weighted by molar-refractivity contribution is 7.14. The van der Waals surface area contributed by atoms with Gasteiger partial charge in [0.1, 0.15) is 0 Å². The Morgan fingerprint density at radius 2 is 2.42 bits per heavy atom. The van der Waals surface area contributed by atoms with Crippen LogP contribution >= 0.6 is 11.3 Å². The second kappa shape index (κ2) is 6.50. The molecule has 1 fully saturated rings. The summed E-state index contributed by atoms with van der Waals surface area (Å²) in [5.74, 6) is 0.0669. The highest BCUT2D eigenvalue weighted by Crippen LogP contribution is 2.24. The van der Waals surface area contributed by atoms with Gasteiger partial charge in [0.05, 0.1) is 24.2 Å². The monoisotopic (exact) mass is 283 g/mol. The van der Waals surface area contributed by atoms with Crippen molar-refractivity contribution >= 4 is 17.2 Å². The van der Waals surface area contributed by atoms with Crippen LogP contribution in [0.1, 0.15) is 33.5 Å². The molecule has 1 atom stereocenters. The third kappa shape index (κ3) is 3.35. The lowest BCUT2D eigenvalue weighted by Crippen LogP contribution is -2.46. The number of hydrogen-bond donors (Lipinski definition) is 1. The van der Waals surface area contributed by atoms with Crippen molar-refractivity contribution in [3.05, 3.63) is 21.4 Å². The van der Waals surface area contributed by atoms with Crippen LogP contribution in [0.15, 0.2) is 6.07 Å². The van der Waals surface area contributed by atoms with Crippen molar-refractivity contribution in [2.45, 2.75) is 32.8 Å². The molecule has 106 valence electrons. The van der Waals surface area contributed by atoms with Crippen molar-refractivity contribution in [2.75, 3.05) is 26.3 Å². The smallest absolute Gasteiger partial charge is 0.264 e. The summed E-state index contributed by atoms with van der Waals surface area (Å²) in [7, 11) is 0. The van der Waals surface area contributed by atoms with Crippen LogP contribution in [0.2, 0.25) is 0 Å². The van der Waals surface area contributed by atoms with E-state index in [4.69, 9.17) is 9.84 Å². The molecule has 1 saturated heterocycles. The van der Waals surface area contributed by atoms with E-state index in [9.17, 15) is 4.79 Å². The Bertz CT molecular complexity index is 444. The van der Waals surface area contributed by atoms with E-state index in [2.05, 4.69) is 13.8 Å². The lowest BCUT2D eigenvalue weighted by Gasteiger charge is -2.31. The number of hydrogen-bond acceptors (Lipinski definition) is 4. The maximum Gasteiger partial charge on any atom is 0.264 e. The molecule has 2 heterocycles. The highest BCUT2D eigenvalue weighted by Gasteiger charge is 2.25. The molecule has 0 spiro atoms. The molecule has 1 aromatic heterocycles. The molecule has 5 heteroatoms. The zero-order valence-electron chi connectivity index (χ0n) is 11.5. The highest BCUT2D eigenvalue weighted by atomic mass is 32.1. The van der Waals surface area contributed by atoms with Crippen molar-refractivity contribution in [1.29, 1.82) is 0 Å². The van der Waals surface area contributed by atoms with Gasteiger partial charge in [-0.1, -0.05) is 13.3 Å². The summed E-state index contributed by atoms with van der Waals surface area (Å²) in [6.45, 7) is 5.77. The number of carbonyl (C=O) groups is 1. The molecular weight excluding hydrogens is 262 g/mol. The molecule has 0 radical (unpaired) electrons. The van der Waals surface area contributed by atoms with Gasteiger partial charge in [0.15, 0.2) is 0 Å². The minimum absolute atomic E-state index is 0.0334. The summed E-state index contributed by atoms with van der Waals surface area (Å²) in [6, 6.07) is 2.02.